The number of thiophene rings is 1. The van der Waals surface area contributed by atoms with E-state index in [1.54, 1.807) is 11.0 Å². The van der Waals surface area contributed by atoms with Gasteiger partial charge >= 0.3 is 5.97 Å². The monoisotopic (exact) mass is 405 g/mol. The summed E-state index contributed by atoms with van der Waals surface area (Å²) in [7, 11) is 0. The van der Waals surface area contributed by atoms with Crippen molar-refractivity contribution in [2.75, 3.05) is 19.7 Å². The first-order valence-corrected chi connectivity index (χ1v) is 9.95. The molecular formula is C20H20FNO5S. The number of aromatic hydroxyl groups is 1. The minimum Gasteiger partial charge on any atom is -0.505 e. The predicted octanol–water partition coefficient (Wildman–Crippen LogP) is 2.92. The summed E-state index contributed by atoms with van der Waals surface area (Å²) < 4.78 is 19.6. The lowest BCUT2D eigenvalue weighted by Gasteiger charge is -2.44. The van der Waals surface area contributed by atoms with Gasteiger partial charge < -0.3 is 19.8 Å². The van der Waals surface area contributed by atoms with Crippen molar-refractivity contribution in [3.8, 4) is 5.75 Å². The van der Waals surface area contributed by atoms with Crippen molar-refractivity contribution >= 4 is 23.2 Å². The van der Waals surface area contributed by atoms with Gasteiger partial charge in [-0.05, 0) is 42.2 Å². The normalized spacial score (nSPS) is 18.1. The highest BCUT2D eigenvalue weighted by molar-refractivity contribution is 7.14. The fraction of sp³-hybridized carbons (Fsp3) is 0.400. The molecule has 6 nitrogen and oxygen atoms in total. The summed E-state index contributed by atoms with van der Waals surface area (Å²) in [6.07, 6.45) is 1.99. The van der Waals surface area contributed by atoms with Gasteiger partial charge in [0.05, 0.1) is 18.6 Å². The Balaban J connectivity index is 1.45. The molecule has 1 aromatic carbocycles. The Bertz CT molecular complexity index is 933. The summed E-state index contributed by atoms with van der Waals surface area (Å²) in [6.45, 7) is 1.54. The van der Waals surface area contributed by atoms with Crippen LogP contribution in [0, 0.1) is 5.82 Å². The third kappa shape index (κ3) is 3.38. The summed E-state index contributed by atoms with van der Waals surface area (Å²) in [6, 6.07) is 5.68. The van der Waals surface area contributed by atoms with Gasteiger partial charge in [-0.1, -0.05) is 6.07 Å². The largest absolute Gasteiger partial charge is 0.505 e. The van der Waals surface area contributed by atoms with Crippen LogP contribution in [-0.4, -0.2) is 46.7 Å². The van der Waals surface area contributed by atoms with Crippen LogP contribution in [0.1, 0.15) is 38.5 Å². The number of likely N-dealkylation sites (tertiary alicyclic amines) is 1. The number of phenols is 1. The van der Waals surface area contributed by atoms with Crippen molar-refractivity contribution in [1.29, 1.82) is 0 Å². The topological polar surface area (TPSA) is 87.1 Å². The van der Waals surface area contributed by atoms with E-state index in [9.17, 15) is 24.2 Å². The van der Waals surface area contributed by atoms with Crippen molar-refractivity contribution in [2.45, 2.75) is 31.3 Å². The summed E-state index contributed by atoms with van der Waals surface area (Å²) in [5.74, 6) is -2.20. The number of ether oxygens (including phenoxy) is 1. The number of nitrogens with zero attached hydrogens (tertiary/aromatic N) is 1. The number of halogens is 1. The molecular weight excluding hydrogens is 385 g/mol. The van der Waals surface area contributed by atoms with Crippen LogP contribution in [0.25, 0.3) is 0 Å². The van der Waals surface area contributed by atoms with Crippen LogP contribution in [0.15, 0.2) is 24.3 Å². The van der Waals surface area contributed by atoms with Crippen LogP contribution >= 0.6 is 11.3 Å². The molecule has 1 amide bonds. The molecule has 4 rings (SSSR count). The second kappa shape index (κ2) is 7.18. The molecule has 0 atom stereocenters. The lowest BCUT2D eigenvalue weighted by Crippen LogP contribution is -2.48. The first-order valence-electron chi connectivity index (χ1n) is 9.13. The van der Waals surface area contributed by atoms with Gasteiger partial charge in [0.2, 0.25) is 5.91 Å². The maximum absolute atomic E-state index is 13.5. The average molecular weight is 405 g/mol. The second-order valence-electron chi connectivity index (χ2n) is 7.19. The number of carboxylic acids is 1. The SMILES string of the molecule is O=C(O)c1cc2c(s1)CCOC21CCN(C(=O)Cc2ccc(O)c(F)c2)CC1. The van der Waals surface area contributed by atoms with E-state index in [1.165, 1.54) is 29.5 Å². The van der Waals surface area contributed by atoms with E-state index in [2.05, 4.69) is 0 Å². The Kier molecular flexibility index (Phi) is 4.84. The highest BCUT2D eigenvalue weighted by atomic mass is 32.1. The molecule has 0 unspecified atom stereocenters. The van der Waals surface area contributed by atoms with Gasteiger partial charge in [0, 0.05) is 24.4 Å². The third-order valence-corrected chi connectivity index (χ3v) is 6.69. The van der Waals surface area contributed by atoms with Gasteiger partial charge in [-0.15, -0.1) is 11.3 Å². The van der Waals surface area contributed by atoms with Gasteiger partial charge in [0.25, 0.3) is 0 Å². The number of hydrogen-bond donors (Lipinski definition) is 2. The number of piperidine rings is 1. The van der Waals surface area contributed by atoms with Crippen molar-refractivity contribution in [3.05, 3.63) is 51.0 Å². The predicted molar refractivity (Wildman–Crippen MR) is 100 cm³/mol. The van der Waals surface area contributed by atoms with Crippen molar-refractivity contribution in [2.24, 2.45) is 0 Å². The molecule has 0 radical (unpaired) electrons. The van der Waals surface area contributed by atoms with Crippen LogP contribution in [0.2, 0.25) is 0 Å². The minimum absolute atomic E-state index is 0.0674. The van der Waals surface area contributed by atoms with Crippen LogP contribution in [-0.2, 0) is 28.0 Å². The molecule has 148 valence electrons. The first kappa shape index (κ1) is 18.9. The minimum atomic E-state index is -0.928. The molecule has 28 heavy (non-hydrogen) atoms. The summed E-state index contributed by atoms with van der Waals surface area (Å²) >= 11 is 1.31. The van der Waals surface area contributed by atoms with E-state index in [0.29, 0.717) is 49.4 Å². The molecule has 2 aromatic rings. The number of amides is 1. The van der Waals surface area contributed by atoms with E-state index < -0.39 is 23.1 Å². The average Bonchev–Trinajstić information content (AvgIpc) is 3.12. The zero-order valence-electron chi connectivity index (χ0n) is 15.1. The lowest BCUT2D eigenvalue weighted by atomic mass is 9.82. The van der Waals surface area contributed by atoms with Crippen molar-refractivity contribution in [3.63, 3.8) is 0 Å². The number of carbonyl (C=O) groups excluding carboxylic acids is 1. The summed E-state index contributed by atoms with van der Waals surface area (Å²) in [4.78, 5) is 27.0. The Labute approximate surface area is 165 Å². The summed E-state index contributed by atoms with van der Waals surface area (Å²) in [5.41, 5.74) is 0.939. The van der Waals surface area contributed by atoms with E-state index in [1.807, 2.05) is 0 Å². The van der Waals surface area contributed by atoms with Gasteiger partial charge in [-0.2, -0.15) is 0 Å². The Morgan fingerprint density at radius 3 is 2.68 bits per heavy atom. The van der Waals surface area contributed by atoms with E-state index >= 15 is 0 Å². The molecule has 1 spiro atoms. The molecule has 8 heteroatoms. The quantitative estimate of drug-likeness (QED) is 0.820. The Morgan fingerprint density at radius 1 is 1.25 bits per heavy atom. The molecule has 1 aromatic heterocycles. The second-order valence-corrected chi connectivity index (χ2v) is 8.33. The Morgan fingerprint density at radius 2 is 2.00 bits per heavy atom. The van der Waals surface area contributed by atoms with Gasteiger partial charge in [0.15, 0.2) is 11.6 Å². The standard InChI is InChI=1S/C20H20FNO5S/c21-14-9-12(1-2-15(14)23)10-18(24)22-6-4-20(5-7-22)13-11-17(19(25)26)28-16(13)3-8-27-20/h1-2,9,11,23H,3-8,10H2,(H,25,26). The van der Waals surface area contributed by atoms with E-state index in [0.717, 1.165) is 10.4 Å². The van der Waals surface area contributed by atoms with Gasteiger partial charge in [0.1, 0.15) is 4.88 Å². The molecule has 3 heterocycles. The maximum Gasteiger partial charge on any atom is 0.345 e. The molecule has 0 saturated carbocycles. The number of carboxylic acid groups (broad SMARTS) is 1. The molecule has 0 bridgehead atoms. The number of rotatable bonds is 3. The van der Waals surface area contributed by atoms with Crippen LogP contribution in [0.3, 0.4) is 0 Å². The van der Waals surface area contributed by atoms with Crippen molar-refractivity contribution in [1.82, 2.24) is 4.90 Å². The Hall–Kier alpha value is -2.45. The highest BCUT2D eigenvalue weighted by Crippen LogP contribution is 2.44. The first-order chi connectivity index (χ1) is 13.4. The van der Waals surface area contributed by atoms with Crippen molar-refractivity contribution < 1.29 is 28.9 Å². The molecule has 0 aliphatic carbocycles. The third-order valence-electron chi connectivity index (χ3n) is 5.51. The van der Waals surface area contributed by atoms with Crippen LogP contribution in [0.4, 0.5) is 4.39 Å². The van der Waals surface area contributed by atoms with Gasteiger partial charge in [-0.25, -0.2) is 9.18 Å². The maximum atomic E-state index is 13.5. The molecule has 1 saturated heterocycles. The summed E-state index contributed by atoms with van der Waals surface area (Å²) in [5, 5.41) is 18.6. The molecule has 2 aliphatic rings. The molecule has 1 fully saturated rings. The van der Waals surface area contributed by atoms with E-state index in [4.69, 9.17) is 4.74 Å². The van der Waals surface area contributed by atoms with Crippen LogP contribution in [0.5, 0.6) is 5.75 Å². The molecule has 2 aliphatic heterocycles. The number of carbonyl (C=O) groups is 2. The zero-order valence-corrected chi connectivity index (χ0v) is 15.9. The number of aromatic carboxylic acids is 1. The molecule has 2 N–H and O–H groups in total. The smallest absolute Gasteiger partial charge is 0.345 e. The van der Waals surface area contributed by atoms with E-state index in [-0.39, 0.29) is 12.3 Å². The van der Waals surface area contributed by atoms with Gasteiger partial charge in [-0.3, -0.25) is 4.79 Å². The fourth-order valence-electron chi connectivity index (χ4n) is 4.00. The number of phenolic OH excluding ortho intramolecular Hbond substituents is 1. The number of fused-ring (bicyclic) bond motifs is 2. The number of hydrogen-bond acceptors (Lipinski definition) is 5. The van der Waals surface area contributed by atoms with Crippen LogP contribution < -0.4 is 0 Å². The fourth-order valence-corrected chi connectivity index (χ4v) is 5.07. The zero-order chi connectivity index (χ0) is 19.9. The lowest BCUT2D eigenvalue weighted by molar-refractivity contribution is -0.139. The number of benzene rings is 1. The highest BCUT2D eigenvalue weighted by Gasteiger charge is 2.43.